The van der Waals surface area contributed by atoms with Crippen LogP contribution in [0.2, 0.25) is 0 Å². The lowest BCUT2D eigenvalue weighted by Gasteiger charge is -2.26. The Morgan fingerprint density at radius 2 is 2.14 bits per heavy atom. The summed E-state index contributed by atoms with van der Waals surface area (Å²) < 4.78 is 10.7. The smallest absolute Gasteiger partial charge is 0.339 e. The summed E-state index contributed by atoms with van der Waals surface area (Å²) in [4.78, 5) is 23.3. The van der Waals surface area contributed by atoms with Crippen molar-refractivity contribution in [1.82, 2.24) is 4.90 Å². The fraction of sp³-hybridized carbons (Fsp3) is 0.462. The van der Waals surface area contributed by atoms with Crippen LogP contribution in [0.25, 0.3) is 0 Å². The van der Waals surface area contributed by atoms with E-state index in [1.165, 1.54) is 12.1 Å². The molecule has 1 aliphatic rings. The highest BCUT2D eigenvalue weighted by atomic mass is 16.6. The molecule has 0 amide bonds. The maximum Gasteiger partial charge on any atom is 0.339 e. The van der Waals surface area contributed by atoms with Crippen molar-refractivity contribution >= 4 is 11.7 Å². The van der Waals surface area contributed by atoms with Crippen LogP contribution in [-0.4, -0.2) is 60.4 Å². The van der Waals surface area contributed by atoms with Gasteiger partial charge in [0.25, 0.3) is 5.69 Å². The normalized spacial score (nSPS) is 15.6. The Hall–Kier alpha value is -2.19. The van der Waals surface area contributed by atoms with Crippen molar-refractivity contribution in [2.45, 2.75) is 0 Å². The van der Waals surface area contributed by atoms with Gasteiger partial charge in [0.15, 0.2) is 0 Å². The van der Waals surface area contributed by atoms with Crippen molar-refractivity contribution in [2.75, 3.05) is 39.5 Å². The average Bonchev–Trinajstić information content (AvgIpc) is 2.48. The van der Waals surface area contributed by atoms with Crippen molar-refractivity contribution in [3.05, 3.63) is 33.9 Å². The summed E-state index contributed by atoms with van der Waals surface area (Å²) in [5.74, 6) is -1.11. The average molecular weight is 296 g/mol. The fourth-order valence-corrected chi connectivity index (χ4v) is 2.03. The zero-order chi connectivity index (χ0) is 15.2. The summed E-state index contributed by atoms with van der Waals surface area (Å²) in [7, 11) is 0. The van der Waals surface area contributed by atoms with E-state index in [9.17, 15) is 14.9 Å². The number of rotatable bonds is 6. The molecule has 1 aliphatic heterocycles. The molecule has 1 saturated heterocycles. The number of nitro groups is 1. The lowest BCUT2D eigenvalue weighted by atomic mass is 10.2. The molecule has 0 aliphatic carbocycles. The van der Waals surface area contributed by atoms with Gasteiger partial charge in [-0.3, -0.25) is 15.0 Å². The molecule has 1 fully saturated rings. The Balaban J connectivity index is 1.98. The first kappa shape index (κ1) is 15.2. The van der Waals surface area contributed by atoms with Gasteiger partial charge in [0.05, 0.1) is 18.1 Å². The first-order chi connectivity index (χ1) is 10.1. The molecule has 0 saturated carbocycles. The van der Waals surface area contributed by atoms with Crippen LogP contribution in [0.4, 0.5) is 5.69 Å². The van der Waals surface area contributed by atoms with Crippen LogP contribution >= 0.6 is 0 Å². The van der Waals surface area contributed by atoms with Gasteiger partial charge in [-0.1, -0.05) is 0 Å². The van der Waals surface area contributed by atoms with E-state index in [1.807, 2.05) is 0 Å². The summed E-state index contributed by atoms with van der Waals surface area (Å²) in [6, 6.07) is 3.56. The Labute approximate surface area is 121 Å². The van der Waals surface area contributed by atoms with Crippen LogP contribution in [-0.2, 0) is 4.74 Å². The molecule has 1 heterocycles. The predicted octanol–water partition coefficient (Wildman–Crippen LogP) is 1.00. The Morgan fingerprint density at radius 3 is 2.76 bits per heavy atom. The van der Waals surface area contributed by atoms with Crippen LogP contribution in [0.3, 0.4) is 0 Å². The third-order valence-corrected chi connectivity index (χ3v) is 3.17. The molecular formula is C13H16N2O6. The highest BCUT2D eigenvalue weighted by molar-refractivity contribution is 5.91. The molecule has 0 atom stereocenters. The van der Waals surface area contributed by atoms with Crippen molar-refractivity contribution < 1.29 is 24.3 Å². The number of carboxylic acids is 1. The van der Waals surface area contributed by atoms with Crippen molar-refractivity contribution in [3.63, 3.8) is 0 Å². The number of carboxylic acid groups (broad SMARTS) is 1. The van der Waals surface area contributed by atoms with Crippen molar-refractivity contribution in [3.8, 4) is 5.75 Å². The number of nitrogens with zero attached hydrogens (tertiary/aromatic N) is 2. The second kappa shape index (κ2) is 7.00. The minimum Gasteiger partial charge on any atom is -0.491 e. The molecule has 1 aromatic rings. The highest BCUT2D eigenvalue weighted by Gasteiger charge is 2.17. The maximum atomic E-state index is 11.1. The van der Waals surface area contributed by atoms with Gasteiger partial charge in [0.2, 0.25) is 0 Å². The summed E-state index contributed by atoms with van der Waals surface area (Å²) in [6.07, 6.45) is 0. The van der Waals surface area contributed by atoms with Gasteiger partial charge in [-0.25, -0.2) is 4.79 Å². The van der Waals surface area contributed by atoms with Crippen LogP contribution in [0, 0.1) is 10.1 Å². The topological polar surface area (TPSA) is 102 Å². The first-order valence-electron chi connectivity index (χ1n) is 6.52. The SMILES string of the molecule is O=C(O)c1cc([N+](=O)[O-])ccc1OCCN1CCOCC1. The van der Waals surface area contributed by atoms with Crippen LogP contribution < -0.4 is 4.74 Å². The third-order valence-electron chi connectivity index (χ3n) is 3.17. The molecular weight excluding hydrogens is 280 g/mol. The second-order valence-corrected chi connectivity index (χ2v) is 4.55. The number of non-ortho nitro benzene ring substituents is 1. The first-order valence-corrected chi connectivity index (χ1v) is 6.52. The number of hydrogen-bond donors (Lipinski definition) is 1. The van der Waals surface area contributed by atoms with E-state index in [0.29, 0.717) is 26.4 Å². The number of nitro benzene ring substituents is 1. The van der Waals surface area contributed by atoms with E-state index in [2.05, 4.69) is 4.90 Å². The molecule has 1 aromatic carbocycles. The quantitative estimate of drug-likeness (QED) is 0.617. The second-order valence-electron chi connectivity index (χ2n) is 4.55. The van der Waals surface area contributed by atoms with E-state index >= 15 is 0 Å². The zero-order valence-electron chi connectivity index (χ0n) is 11.4. The molecule has 8 nitrogen and oxygen atoms in total. The largest absolute Gasteiger partial charge is 0.491 e. The molecule has 1 N–H and O–H groups in total. The summed E-state index contributed by atoms with van der Waals surface area (Å²) in [5.41, 5.74) is -0.473. The monoisotopic (exact) mass is 296 g/mol. The van der Waals surface area contributed by atoms with Gasteiger partial charge < -0.3 is 14.6 Å². The van der Waals surface area contributed by atoms with Crippen LogP contribution in [0.1, 0.15) is 10.4 Å². The molecule has 8 heteroatoms. The van der Waals surface area contributed by atoms with E-state index in [4.69, 9.17) is 14.6 Å². The van der Waals surface area contributed by atoms with Crippen LogP contribution in [0.15, 0.2) is 18.2 Å². The molecule has 0 aromatic heterocycles. The number of carbonyl (C=O) groups is 1. The highest BCUT2D eigenvalue weighted by Crippen LogP contribution is 2.24. The fourth-order valence-electron chi connectivity index (χ4n) is 2.03. The number of benzene rings is 1. The van der Waals surface area contributed by atoms with E-state index in [-0.39, 0.29) is 17.0 Å². The van der Waals surface area contributed by atoms with Crippen LogP contribution in [0.5, 0.6) is 5.75 Å². The third kappa shape index (κ3) is 4.14. The Kier molecular flexibility index (Phi) is 5.07. The molecule has 114 valence electrons. The minimum atomic E-state index is -1.25. The number of hydrogen-bond acceptors (Lipinski definition) is 6. The standard InChI is InChI=1S/C13H16N2O6/c16-13(17)11-9-10(15(18)19)1-2-12(11)21-8-5-14-3-6-20-7-4-14/h1-2,9H,3-8H2,(H,16,17). The van der Waals surface area contributed by atoms with Gasteiger partial charge in [-0.2, -0.15) is 0 Å². The number of morpholine rings is 1. The molecule has 0 bridgehead atoms. The predicted molar refractivity (Wildman–Crippen MR) is 72.8 cm³/mol. The van der Waals surface area contributed by atoms with Crippen molar-refractivity contribution in [2.24, 2.45) is 0 Å². The molecule has 0 spiro atoms. The lowest BCUT2D eigenvalue weighted by molar-refractivity contribution is -0.384. The van der Waals surface area contributed by atoms with Crippen molar-refractivity contribution in [1.29, 1.82) is 0 Å². The van der Waals surface area contributed by atoms with E-state index in [0.717, 1.165) is 19.2 Å². The zero-order valence-corrected chi connectivity index (χ0v) is 11.4. The number of ether oxygens (including phenoxy) is 2. The van der Waals surface area contributed by atoms with Gasteiger partial charge in [0.1, 0.15) is 17.9 Å². The Morgan fingerprint density at radius 1 is 1.43 bits per heavy atom. The van der Waals surface area contributed by atoms with Gasteiger partial charge in [0, 0.05) is 31.8 Å². The summed E-state index contributed by atoms with van der Waals surface area (Å²) in [5, 5.41) is 19.8. The minimum absolute atomic E-state index is 0.140. The molecule has 0 unspecified atom stereocenters. The van der Waals surface area contributed by atoms with E-state index < -0.39 is 10.9 Å². The molecule has 2 rings (SSSR count). The van der Waals surface area contributed by atoms with Gasteiger partial charge >= 0.3 is 5.97 Å². The summed E-state index contributed by atoms with van der Waals surface area (Å²) in [6.45, 7) is 3.96. The molecule has 21 heavy (non-hydrogen) atoms. The Bertz CT molecular complexity index is 527. The summed E-state index contributed by atoms with van der Waals surface area (Å²) >= 11 is 0. The molecule has 0 radical (unpaired) electrons. The maximum absolute atomic E-state index is 11.1. The lowest BCUT2D eigenvalue weighted by Crippen LogP contribution is -2.38. The van der Waals surface area contributed by atoms with E-state index in [1.54, 1.807) is 0 Å². The number of aromatic carboxylic acids is 1. The van der Waals surface area contributed by atoms with Gasteiger partial charge in [-0.05, 0) is 6.07 Å². The van der Waals surface area contributed by atoms with Gasteiger partial charge in [-0.15, -0.1) is 0 Å².